The number of hydrogen-bond acceptors (Lipinski definition) is 5. The number of hydrogen-bond donors (Lipinski definition) is 2. The van der Waals surface area contributed by atoms with Crippen molar-refractivity contribution in [2.24, 2.45) is 11.8 Å². The molecule has 7 heteroatoms. The van der Waals surface area contributed by atoms with Crippen molar-refractivity contribution in [1.29, 1.82) is 0 Å². The van der Waals surface area contributed by atoms with E-state index < -0.39 is 0 Å². The Morgan fingerprint density at radius 2 is 2.06 bits per heavy atom. The average Bonchev–Trinajstić information content (AvgIpc) is 2.99. The number of carbonyl (C=O) groups excluding carboxylic acids is 1. The molecule has 1 amide bonds. The minimum absolute atomic E-state index is 0.0479. The number of pyridine rings is 1. The first-order valence-corrected chi connectivity index (χ1v) is 11.1. The van der Waals surface area contributed by atoms with E-state index in [2.05, 4.69) is 17.1 Å². The Labute approximate surface area is 182 Å². The second-order valence-electron chi connectivity index (χ2n) is 8.34. The SMILES string of the molecule is CCCN1[C@@H]2c3ccc(-c4cccc(OC)c4)c(=O)n3C[C@H]1[C@H](CO)[C@H]2C(=O)NCC. The smallest absolute Gasteiger partial charge is 0.258 e. The molecule has 31 heavy (non-hydrogen) atoms. The monoisotopic (exact) mass is 425 g/mol. The van der Waals surface area contributed by atoms with Crippen LogP contribution in [0.5, 0.6) is 5.75 Å². The van der Waals surface area contributed by atoms with Crippen LogP contribution in [0, 0.1) is 11.8 Å². The molecule has 4 rings (SSSR count). The van der Waals surface area contributed by atoms with Crippen molar-refractivity contribution < 1.29 is 14.6 Å². The van der Waals surface area contributed by atoms with Crippen LogP contribution in [0.15, 0.2) is 41.2 Å². The van der Waals surface area contributed by atoms with Gasteiger partial charge in [0.1, 0.15) is 5.75 Å². The molecule has 1 saturated heterocycles. The minimum Gasteiger partial charge on any atom is -0.497 e. The van der Waals surface area contributed by atoms with E-state index >= 15 is 0 Å². The highest BCUT2D eigenvalue weighted by atomic mass is 16.5. The Kier molecular flexibility index (Phi) is 6.16. The average molecular weight is 426 g/mol. The largest absolute Gasteiger partial charge is 0.497 e. The molecule has 2 aliphatic rings. The third-order valence-electron chi connectivity index (χ3n) is 6.69. The third kappa shape index (κ3) is 3.55. The van der Waals surface area contributed by atoms with Crippen molar-refractivity contribution in [2.75, 3.05) is 26.8 Å². The van der Waals surface area contributed by atoms with Gasteiger partial charge in [0, 0.05) is 42.9 Å². The van der Waals surface area contributed by atoms with Crippen LogP contribution < -0.4 is 15.6 Å². The van der Waals surface area contributed by atoms with E-state index in [0.29, 0.717) is 24.4 Å². The first-order chi connectivity index (χ1) is 15.0. The number of fused-ring (bicyclic) bond motifs is 4. The number of amides is 1. The van der Waals surface area contributed by atoms with Crippen LogP contribution >= 0.6 is 0 Å². The van der Waals surface area contributed by atoms with Crippen LogP contribution in [0.25, 0.3) is 11.1 Å². The highest BCUT2D eigenvalue weighted by Crippen LogP contribution is 2.48. The van der Waals surface area contributed by atoms with Gasteiger partial charge in [0.2, 0.25) is 5.91 Å². The lowest BCUT2D eigenvalue weighted by Crippen LogP contribution is -2.46. The van der Waals surface area contributed by atoms with Crippen molar-refractivity contribution >= 4 is 5.91 Å². The van der Waals surface area contributed by atoms with Crippen LogP contribution in [0.4, 0.5) is 0 Å². The van der Waals surface area contributed by atoms with Gasteiger partial charge in [-0.2, -0.15) is 0 Å². The van der Waals surface area contributed by atoms with E-state index in [1.54, 1.807) is 7.11 Å². The minimum atomic E-state index is -0.377. The summed E-state index contributed by atoms with van der Waals surface area (Å²) >= 11 is 0. The number of ether oxygens (including phenoxy) is 1. The summed E-state index contributed by atoms with van der Waals surface area (Å²) in [5, 5.41) is 13.2. The zero-order valence-corrected chi connectivity index (χ0v) is 18.4. The highest BCUT2D eigenvalue weighted by molar-refractivity contribution is 5.80. The van der Waals surface area contributed by atoms with Crippen LogP contribution in [0.1, 0.15) is 32.0 Å². The predicted molar refractivity (Wildman–Crippen MR) is 119 cm³/mol. The Balaban J connectivity index is 1.83. The molecule has 7 nitrogen and oxygen atoms in total. The van der Waals surface area contributed by atoms with Crippen LogP contribution in [0.2, 0.25) is 0 Å². The molecule has 0 radical (unpaired) electrons. The van der Waals surface area contributed by atoms with Gasteiger partial charge in [0.25, 0.3) is 5.56 Å². The highest BCUT2D eigenvalue weighted by Gasteiger charge is 2.55. The lowest BCUT2D eigenvalue weighted by Gasteiger charge is -2.38. The predicted octanol–water partition coefficient (Wildman–Crippen LogP) is 2.03. The van der Waals surface area contributed by atoms with E-state index in [-0.39, 0.29) is 42.0 Å². The second kappa shape index (κ2) is 8.85. The fourth-order valence-electron chi connectivity index (χ4n) is 5.39. The summed E-state index contributed by atoms with van der Waals surface area (Å²) in [5.41, 5.74) is 2.21. The molecule has 1 aromatic heterocycles. The normalized spacial score (nSPS) is 24.6. The lowest BCUT2D eigenvalue weighted by atomic mass is 9.86. The fraction of sp³-hybridized carbons (Fsp3) is 0.500. The third-order valence-corrected chi connectivity index (χ3v) is 6.69. The Hall–Kier alpha value is -2.64. The number of aliphatic hydroxyl groups is 1. The molecule has 0 unspecified atom stereocenters. The van der Waals surface area contributed by atoms with E-state index in [1.807, 2.05) is 47.9 Å². The van der Waals surface area contributed by atoms with Crippen LogP contribution in [0.3, 0.4) is 0 Å². The first-order valence-electron chi connectivity index (χ1n) is 11.1. The molecule has 2 bridgehead atoms. The lowest BCUT2D eigenvalue weighted by molar-refractivity contribution is -0.127. The number of carbonyl (C=O) groups is 1. The van der Waals surface area contributed by atoms with Crippen molar-refractivity contribution in [3.63, 3.8) is 0 Å². The molecular weight excluding hydrogens is 394 g/mol. The van der Waals surface area contributed by atoms with Gasteiger partial charge in [-0.1, -0.05) is 19.1 Å². The van der Waals surface area contributed by atoms with Crippen molar-refractivity contribution in [2.45, 2.75) is 38.9 Å². The molecule has 0 aliphatic carbocycles. The molecule has 2 aromatic rings. The van der Waals surface area contributed by atoms with E-state index in [1.165, 1.54) is 0 Å². The zero-order chi connectivity index (χ0) is 22.1. The molecular formula is C24H31N3O4. The van der Waals surface area contributed by atoms with Gasteiger partial charge in [0.15, 0.2) is 0 Å². The van der Waals surface area contributed by atoms with Gasteiger partial charge < -0.3 is 19.7 Å². The molecule has 1 aromatic carbocycles. The van der Waals surface area contributed by atoms with E-state index in [4.69, 9.17) is 4.74 Å². The van der Waals surface area contributed by atoms with Crippen molar-refractivity contribution in [3.8, 4) is 16.9 Å². The molecule has 4 atom stereocenters. The number of benzene rings is 1. The van der Waals surface area contributed by atoms with Crippen LogP contribution in [-0.2, 0) is 11.3 Å². The van der Waals surface area contributed by atoms with E-state index in [9.17, 15) is 14.7 Å². The van der Waals surface area contributed by atoms with E-state index in [0.717, 1.165) is 24.2 Å². The second-order valence-corrected chi connectivity index (χ2v) is 8.34. The number of nitrogens with one attached hydrogen (secondary N) is 1. The number of nitrogens with zero attached hydrogens (tertiary/aromatic N) is 2. The summed E-state index contributed by atoms with van der Waals surface area (Å²) in [6.45, 7) is 5.78. The molecule has 0 spiro atoms. The van der Waals surface area contributed by atoms with Crippen molar-refractivity contribution in [3.05, 3.63) is 52.4 Å². The molecule has 0 saturated carbocycles. The Bertz CT molecular complexity index is 1020. The summed E-state index contributed by atoms with van der Waals surface area (Å²) in [6, 6.07) is 11.1. The number of aromatic nitrogens is 1. The summed E-state index contributed by atoms with van der Waals surface area (Å²) < 4.78 is 7.14. The summed E-state index contributed by atoms with van der Waals surface area (Å²) in [4.78, 5) is 28.9. The number of aliphatic hydroxyl groups excluding tert-OH is 1. The molecule has 3 heterocycles. The molecule has 2 N–H and O–H groups in total. The van der Waals surface area contributed by atoms with Gasteiger partial charge in [-0.15, -0.1) is 0 Å². The van der Waals surface area contributed by atoms with Crippen LogP contribution in [-0.4, -0.2) is 53.3 Å². The fourth-order valence-corrected chi connectivity index (χ4v) is 5.39. The molecule has 2 aliphatic heterocycles. The number of methoxy groups -OCH3 is 1. The quantitative estimate of drug-likeness (QED) is 0.709. The van der Waals surface area contributed by atoms with Gasteiger partial charge in [0.05, 0.1) is 19.1 Å². The van der Waals surface area contributed by atoms with Crippen molar-refractivity contribution in [1.82, 2.24) is 14.8 Å². The molecule has 1 fully saturated rings. The Morgan fingerprint density at radius 3 is 2.74 bits per heavy atom. The first kappa shape index (κ1) is 21.6. The standard InChI is InChI=1S/C24H31N3O4/c1-4-11-26-20-13-27-19(22(26)21(18(20)14-28)23(29)25-5-2)10-9-17(24(27)30)15-7-6-8-16(12-15)31-3/h6-10,12,18,20-22,28H,4-5,11,13-14H2,1-3H3,(H,25,29)/t18-,20-,21+,22+/m0/s1. The zero-order valence-electron chi connectivity index (χ0n) is 18.4. The number of rotatable bonds is 7. The summed E-state index contributed by atoms with van der Waals surface area (Å²) in [6.07, 6.45) is 0.944. The van der Waals surface area contributed by atoms with Gasteiger partial charge in [-0.3, -0.25) is 14.5 Å². The maximum absolute atomic E-state index is 13.5. The maximum atomic E-state index is 13.5. The topological polar surface area (TPSA) is 83.8 Å². The Morgan fingerprint density at radius 1 is 1.26 bits per heavy atom. The summed E-state index contributed by atoms with van der Waals surface area (Å²) in [5.74, 6) is 0.0679. The van der Waals surface area contributed by atoms with Gasteiger partial charge in [-0.05, 0) is 49.7 Å². The van der Waals surface area contributed by atoms with Gasteiger partial charge >= 0.3 is 0 Å². The summed E-state index contributed by atoms with van der Waals surface area (Å²) in [7, 11) is 1.61. The van der Waals surface area contributed by atoms with Gasteiger partial charge in [-0.25, -0.2) is 0 Å². The maximum Gasteiger partial charge on any atom is 0.258 e. The molecule has 166 valence electrons.